The number of aryl methyl sites for hydroxylation is 2. The minimum atomic E-state index is -0.385. The lowest BCUT2D eigenvalue weighted by Gasteiger charge is -2.29. The topological polar surface area (TPSA) is 47.2 Å². The maximum Gasteiger partial charge on any atom is 0.279 e. The summed E-state index contributed by atoms with van der Waals surface area (Å²) in [5, 5.41) is 2.70. The van der Waals surface area contributed by atoms with Crippen molar-refractivity contribution in [2.75, 3.05) is 45.2 Å². The molecule has 1 aliphatic heterocycles. The Morgan fingerprint density at radius 3 is 2.36 bits per heavy atom. The third-order valence-corrected chi connectivity index (χ3v) is 5.35. The summed E-state index contributed by atoms with van der Waals surface area (Å²) < 4.78 is 19.4. The molecule has 0 aromatic heterocycles. The van der Waals surface area contributed by atoms with Crippen LogP contribution in [0.5, 0.6) is 5.75 Å². The van der Waals surface area contributed by atoms with Crippen LogP contribution in [0.2, 0.25) is 0 Å². The van der Waals surface area contributed by atoms with Gasteiger partial charge in [0.2, 0.25) is 0 Å². The number of benzene rings is 2. The van der Waals surface area contributed by atoms with Gasteiger partial charge >= 0.3 is 0 Å². The van der Waals surface area contributed by atoms with E-state index in [0.717, 1.165) is 44.0 Å². The number of anilines is 1. The first-order chi connectivity index (χ1) is 13.4. The zero-order valence-electron chi connectivity index (χ0n) is 16.9. The summed E-state index contributed by atoms with van der Waals surface area (Å²) >= 11 is 0. The van der Waals surface area contributed by atoms with E-state index in [1.165, 1.54) is 27.0 Å². The Morgan fingerprint density at radius 1 is 1.04 bits per heavy atom. The number of carbonyl (C=O) groups excluding carboxylic acids is 1. The molecule has 0 spiro atoms. The van der Waals surface area contributed by atoms with E-state index in [0.29, 0.717) is 6.54 Å². The number of rotatable bonds is 6. The van der Waals surface area contributed by atoms with Crippen LogP contribution in [0.1, 0.15) is 16.7 Å². The van der Waals surface area contributed by atoms with Gasteiger partial charge in [-0.2, -0.15) is 0 Å². The lowest BCUT2D eigenvalue weighted by atomic mass is 10.1. The van der Waals surface area contributed by atoms with Gasteiger partial charge in [0.25, 0.3) is 5.91 Å². The predicted octanol–water partition coefficient (Wildman–Crippen LogP) is 0.373. The smallest absolute Gasteiger partial charge is 0.279 e. The molecule has 0 radical (unpaired) electrons. The Balaban J connectivity index is 1.49. The second-order valence-electron chi connectivity index (χ2n) is 7.70. The minimum Gasteiger partial charge on any atom is -0.496 e. The van der Waals surface area contributed by atoms with E-state index >= 15 is 0 Å². The Morgan fingerprint density at radius 2 is 1.68 bits per heavy atom. The van der Waals surface area contributed by atoms with Gasteiger partial charge in [0.1, 0.15) is 44.3 Å². The predicted molar refractivity (Wildman–Crippen MR) is 107 cm³/mol. The Labute approximate surface area is 166 Å². The van der Waals surface area contributed by atoms with Crippen LogP contribution in [0, 0.1) is 19.7 Å². The average molecular weight is 387 g/mol. The standard InChI is InChI=1S/C22H28FN3O2/c1-16-5-7-21(28-3)18(12-16)14-25-8-10-26(11-9-25)15-22(27)24-20-6-4-17(2)13-19(20)23/h4-7,12-13H,8-11,14-15H2,1-3H3,(H,24,27)/p+2. The molecule has 0 atom stereocenters. The maximum atomic E-state index is 13.9. The molecule has 5 nitrogen and oxygen atoms in total. The molecule has 3 rings (SSSR count). The van der Waals surface area contributed by atoms with Crippen molar-refractivity contribution < 1.29 is 23.7 Å². The lowest BCUT2D eigenvalue weighted by molar-refractivity contribution is -1.02. The van der Waals surface area contributed by atoms with Crippen LogP contribution >= 0.6 is 0 Å². The first-order valence-corrected chi connectivity index (χ1v) is 9.81. The second kappa shape index (κ2) is 9.17. The number of ether oxygens (including phenoxy) is 1. The van der Waals surface area contributed by atoms with Crippen molar-refractivity contribution in [2.24, 2.45) is 0 Å². The molecule has 28 heavy (non-hydrogen) atoms. The third-order valence-electron chi connectivity index (χ3n) is 5.35. The summed E-state index contributed by atoms with van der Waals surface area (Å²) in [6.07, 6.45) is 0. The number of hydrogen-bond acceptors (Lipinski definition) is 2. The van der Waals surface area contributed by atoms with Crippen molar-refractivity contribution in [3.63, 3.8) is 0 Å². The molecule has 3 N–H and O–H groups in total. The quantitative estimate of drug-likeness (QED) is 0.671. The number of hydrogen-bond donors (Lipinski definition) is 3. The van der Waals surface area contributed by atoms with Crippen molar-refractivity contribution in [1.29, 1.82) is 0 Å². The lowest BCUT2D eigenvalue weighted by Crippen LogP contribution is -3.28. The summed E-state index contributed by atoms with van der Waals surface area (Å²) in [6.45, 7) is 9.06. The molecule has 0 saturated carbocycles. The SMILES string of the molecule is COc1ccc(C)cc1C[NH+]1CC[NH+](CC(=O)Nc2ccc(C)cc2F)CC1. The van der Waals surface area contributed by atoms with E-state index in [1.807, 2.05) is 13.0 Å². The van der Waals surface area contributed by atoms with E-state index < -0.39 is 0 Å². The van der Waals surface area contributed by atoms with Gasteiger partial charge in [-0.05, 0) is 43.7 Å². The zero-order valence-corrected chi connectivity index (χ0v) is 16.9. The molecule has 150 valence electrons. The zero-order chi connectivity index (χ0) is 20.1. The number of amides is 1. The average Bonchev–Trinajstić information content (AvgIpc) is 2.66. The van der Waals surface area contributed by atoms with Crippen LogP contribution < -0.4 is 19.9 Å². The van der Waals surface area contributed by atoms with Crippen molar-refractivity contribution >= 4 is 11.6 Å². The molecule has 2 aromatic rings. The van der Waals surface area contributed by atoms with Crippen LogP contribution in [0.15, 0.2) is 36.4 Å². The number of piperazine rings is 1. The molecule has 6 heteroatoms. The van der Waals surface area contributed by atoms with E-state index in [9.17, 15) is 9.18 Å². The molecule has 1 saturated heterocycles. The van der Waals surface area contributed by atoms with Gasteiger partial charge in [0.05, 0.1) is 12.8 Å². The molecule has 0 unspecified atom stereocenters. The monoisotopic (exact) mass is 387 g/mol. The number of quaternary nitrogens is 2. The molecule has 0 aliphatic carbocycles. The molecule has 1 fully saturated rings. The number of carbonyl (C=O) groups is 1. The summed E-state index contributed by atoms with van der Waals surface area (Å²) in [5.74, 6) is 0.415. The highest BCUT2D eigenvalue weighted by Gasteiger charge is 2.26. The van der Waals surface area contributed by atoms with Gasteiger partial charge in [-0.25, -0.2) is 4.39 Å². The Bertz CT molecular complexity index is 833. The van der Waals surface area contributed by atoms with E-state index in [4.69, 9.17) is 4.74 Å². The van der Waals surface area contributed by atoms with Crippen LogP contribution in [0.3, 0.4) is 0 Å². The first kappa shape index (κ1) is 20.3. The molecular formula is C22H30FN3O2+2. The number of methoxy groups -OCH3 is 1. The summed E-state index contributed by atoms with van der Waals surface area (Å²) in [5.41, 5.74) is 3.56. The largest absolute Gasteiger partial charge is 0.496 e. The van der Waals surface area contributed by atoms with Gasteiger partial charge in [0.15, 0.2) is 6.54 Å². The Hall–Kier alpha value is -2.44. The van der Waals surface area contributed by atoms with Gasteiger partial charge in [-0.1, -0.05) is 17.7 Å². The fourth-order valence-corrected chi connectivity index (χ4v) is 3.77. The van der Waals surface area contributed by atoms with Crippen molar-refractivity contribution in [2.45, 2.75) is 20.4 Å². The van der Waals surface area contributed by atoms with Gasteiger partial charge in [0, 0.05) is 5.56 Å². The van der Waals surface area contributed by atoms with E-state index in [-0.39, 0.29) is 17.4 Å². The Kier molecular flexibility index (Phi) is 6.65. The van der Waals surface area contributed by atoms with Crippen molar-refractivity contribution in [3.05, 3.63) is 58.9 Å². The molecule has 1 aliphatic rings. The third kappa shape index (κ3) is 5.30. The van der Waals surface area contributed by atoms with Crippen LogP contribution in [0.4, 0.5) is 10.1 Å². The van der Waals surface area contributed by atoms with Crippen molar-refractivity contribution in [1.82, 2.24) is 0 Å². The highest BCUT2D eigenvalue weighted by molar-refractivity contribution is 5.91. The normalized spacial score (nSPS) is 19.3. The van der Waals surface area contributed by atoms with Gasteiger partial charge < -0.3 is 19.9 Å². The van der Waals surface area contributed by atoms with Gasteiger partial charge in [-0.3, -0.25) is 4.79 Å². The molecular weight excluding hydrogens is 357 g/mol. The van der Waals surface area contributed by atoms with Crippen LogP contribution in [0.25, 0.3) is 0 Å². The highest BCUT2D eigenvalue weighted by atomic mass is 19.1. The van der Waals surface area contributed by atoms with Crippen molar-refractivity contribution in [3.8, 4) is 5.75 Å². The molecule has 0 bridgehead atoms. The maximum absolute atomic E-state index is 13.9. The van der Waals surface area contributed by atoms with Gasteiger partial charge in [-0.15, -0.1) is 0 Å². The second-order valence-corrected chi connectivity index (χ2v) is 7.70. The summed E-state index contributed by atoms with van der Waals surface area (Å²) in [7, 11) is 1.71. The van der Waals surface area contributed by atoms with Crippen LogP contribution in [-0.2, 0) is 11.3 Å². The van der Waals surface area contributed by atoms with Crippen LogP contribution in [-0.4, -0.2) is 45.7 Å². The summed E-state index contributed by atoms with van der Waals surface area (Å²) in [6, 6.07) is 11.1. The van der Waals surface area contributed by atoms with E-state index in [1.54, 1.807) is 19.2 Å². The molecule has 2 aromatic carbocycles. The highest BCUT2D eigenvalue weighted by Crippen LogP contribution is 2.18. The molecule has 1 amide bonds. The fourth-order valence-electron chi connectivity index (χ4n) is 3.77. The minimum absolute atomic E-state index is 0.137. The first-order valence-electron chi connectivity index (χ1n) is 9.81. The molecule has 1 heterocycles. The number of nitrogens with one attached hydrogen (secondary N) is 3. The number of halogens is 1. The summed E-state index contributed by atoms with van der Waals surface area (Å²) in [4.78, 5) is 15.0. The fraction of sp³-hybridized carbons (Fsp3) is 0.409. The van der Waals surface area contributed by atoms with E-state index in [2.05, 4.69) is 24.4 Å².